The number of aryl methyl sites for hydroxylation is 4. The molecule has 0 amide bonds. The molecule has 128 valence electrons. The molecule has 0 unspecified atom stereocenters. The molecule has 4 nitrogen and oxygen atoms in total. The van der Waals surface area contributed by atoms with Gasteiger partial charge in [-0.3, -0.25) is 4.98 Å². The Morgan fingerprint density at radius 2 is 2.04 bits per heavy atom. The van der Waals surface area contributed by atoms with Gasteiger partial charge in [0, 0.05) is 32.2 Å². The predicted octanol–water partition coefficient (Wildman–Crippen LogP) is 5.46. The maximum Gasteiger partial charge on any atom is 0.146 e. The second-order valence-corrected chi connectivity index (χ2v) is 6.44. The summed E-state index contributed by atoms with van der Waals surface area (Å²) in [5.74, 6) is 0.605. The molecule has 0 fully saturated rings. The molecular weight excluding hydrogens is 322 g/mol. The zero-order valence-corrected chi connectivity index (χ0v) is 14.3. The number of benzene rings is 2. The molecule has 0 aliphatic rings. The van der Waals surface area contributed by atoms with Crippen molar-refractivity contribution in [3.63, 3.8) is 0 Å². The van der Waals surface area contributed by atoms with Crippen molar-refractivity contribution in [2.45, 2.75) is 20.6 Å². The van der Waals surface area contributed by atoms with E-state index in [2.05, 4.69) is 4.98 Å². The zero-order chi connectivity index (χ0) is 23.0. The molecule has 0 atom stereocenters. The van der Waals surface area contributed by atoms with Crippen LogP contribution >= 0.6 is 0 Å². The molecule has 0 spiro atoms. The van der Waals surface area contributed by atoms with Crippen LogP contribution < -0.4 is 0 Å². The molecule has 3 heterocycles. The molecule has 0 aliphatic carbocycles. The number of rotatable bonds is 1. The van der Waals surface area contributed by atoms with Gasteiger partial charge in [0.2, 0.25) is 0 Å². The van der Waals surface area contributed by atoms with Crippen molar-refractivity contribution in [3.8, 4) is 11.4 Å². The van der Waals surface area contributed by atoms with Crippen LogP contribution in [0, 0.1) is 20.6 Å². The summed E-state index contributed by atoms with van der Waals surface area (Å²) >= 11 is 0. The van der Waals surface area contributed by atoms with Gasteiger partial charge in [-0.05, 0) is 50.0 Å². The van der Waals surface area contributed by atoms with Crippen LogP contribution in [0.25, 0.3) is 44.4 Å². The minimum absolute atomic E-state index is 0.130. The quantitative estimate of drug-likeness (QED) is 0.404. The fraction of sp³-hybridized carbons (Fsp3) is 0.182. The molecule has 2 aromatic carbocycles. The van der Waals surface area contributed by atoms with Gasteiger partial charge in [-0.2, -0.15) is 0 Å². The van der Waals surface area contributed by atoms with E-state index in [9.17, 15) is 0 Å². The Morgan fingerprint density at radius 1 is 1.12 bits per heavy atom. The Labute approximate surface area is 159 Å². The lowest BCUT2D eigenvalue weighted by molar-refractivity contribution is 0.668. The lowest BCUT2D eigenvalue weighted by atomic mass is 10.0. The van der Waals surface area contributed by atoms with Crippen LogP contribution in [-0.4, -0.2) is 14.5 Å². The summed E-state index contributed by atoms with van der Waals surface area (Å²) in [4.78, 5) is 9.08. The summed E-state index contributed by atoms with van der Waals surface area (Å²) in [5, 5.41) is 0.995. The van der Waals surface area contributed by atoms with E-state index in [1.54, 1.807) is 24.4 Å². The molecule has 0 aliphatic heterocycles. The number of aromatic nitrogens is 3. The van der Waals surface area contributed by atoms with Crippen molar-refractivity contribution in [2.75, 3.05) is 0 Å². The number of pyridine rings is 1. The van der Waals surface area contributed by atoms with E-state index in [1.807, 2.05) is 24.6 Å². The summed E-state index contributed by atoms with van der Waals surface area (Å²) in [6, 6.07) is 9.65. The van der Waals surface area contributed by atoms with Gasteiger partial charge in [0.1, 0.15) is 17.0 Å². The standard InChI is InChI=1S/C22H19N3O/c1-12-5-7-15-18(11-12)26-21-16(8-6-13(2)19(15)21)22-24-17-9-10-23-14(3)20(17)25(22)4/h5-11H,1-4H3/i1D3,2D3. The zero-order valence-electron chi connectivity index (χ0n) is 20.3. The van der Waals surface area contributed by atoms with Crippen LogP contribution in [0.3, 0.4) is 0 Å². The maximum atomic E-state index is 8.02. The Kier molecular flexibility index (Phi) is 2.01. The molecule has 0 radical (unpaired) electrons. The molecule has 3 aromatic heterocycles. The summed E-state index contributed by atoms with van der Waals surface area (Å²) in [6.45, 7) is -2.77. The monoisotopic (exact) mass is 347 g/mol. The van der Waals surface area contributed by atoms with Crippen LogP contribution in [-0.2, 0) is 7.05 Å². The van der Waals surface area contributed by atoms with Gasteiger partial charge in [-0.1, -0.05) is 18.2 Å². The number of furan rings is 1. The SMILES string of the molecule is [2H]C([2H])([2H])c1ccc2c(c1)oc1c(-c3nc4ccnc(C)c4n3C)ccc(C([2H])([2H])[2H])c12. The van der Waals surface area contributed by atoms with Gasteiger partial charge in [0.25, 0.3) is 0 Å². The lowest BCUT2D eigenvalue weighted by Gasteiger charge is -2.06. The van der Waals surface area contributed by atoms with Crippen LogP contribution in [0.4, 0.5) is 0 Å². The topological polar surface area (TPSA) is 43.9 Å². The molecule has 0 saturated heterocycles. The molecular formula is C22H19N3O. The first-order chi connectivity index (χ1) is 15.0. The fourth-order valence-corrected chi connectivity index (χ4v) is 3.64. The molecule has 26 heavy (non-hydrogen) atoms. The molecule has 5 aromatic rings. The van der Waals surface area contributed by atoms with Gasteiger partial charge in [0.15, 0.2) is 0 Å². The van der Waals surface area contributed by atoms with E-state index in [0.717, 1.165) is 16.7 Å². The third-order valence-electron chi connectivity index (χ3n) is 4.83. The van der Waals surface area contributed by atoms with Crippen molar-refractivity contribution >= 4 is 33.0 Å². The lowest BCUT2D eigenvalue weighted by Crippen LogP contribution is -1.95. The second kappa shape index (κ2) is 5.18. The predicted molar refractivity (Wildman–Crippen MR) is 105 cm³/mol. The van der Waals surface area contributed by atoms with Crippen LogP contribution in [0.2, 0.25) is 0 Å². The van der Waals surface area contributed by atoms with E-state index in [1.165, 1.54) is 12.1 Å². The third kappa shape index (κ3) is 1.96. The van der Waals surface area contributed by atoms with Gasteiger partial charge in [0.05, 0.1) is 22.3 Å². The van der Waals surface area contributed by atoms with Crippen LogP contribution in [0.15, 0.2) is 47.0 Å². The smallest absolute Gasteiger partial charge is 0.146 e. The van der Waals surface area contributed by atoms with Crippen LogP contribution in [0.1, 0.15) is 25.0 Å². The molecule has 0 bridgehead atoms. The average Bonchev–Trinajstić information content (AvgIpc) is 3.24. The number of fused-ring (bicyclic) bond motifs is 4. The van der Waals surface area contributed by atoms with Crippen molar-refractivity contribution in [1.82, 2.24) is 14.5 Å². The number of hydrogen-bond acceptors (Lipinski definition) is 3. The van der Waals surface area contributed by atoms with E-state index >= 15 is 0 Å². The highest BCUT2D eigenvalue weighted by Gasteiger charge is 2.19. The molecule has 0 saturated carbocycles. The van der Waals surface area contributed by atoms with E-state index in [0.29, 0.717) is 33.3 Å². The van der Waals surface area contributed by atoms with Crippen molar-refractivity contribution in [3.05, 3.63) is 59.4 Å². The summed E-state index contributed by atoms with van der Waals surface area (Å²) in [7, 11) is 1.87. The highest BCUT2D eigenvalue weighted by atomic mass is 16.3. The summed E-state index contributed by atoms with van der Waals surface area (Å²) < 4.78 is 55.2. The van der Waals surface area contributed by atoms with E-state index in [-0.39, 0.29) is 11.1 Å². The molecule has 5 rings (SSSR count). The van der Waals surface area contributed by atoms with Gasteiger partial charge >= 0.3 is 0 Å². The normalized spacial score (nSPS) is 16.2. The second-order valence-electron chi connectivity index (χ2n) is 6.44. The maximum absolute atomic E-state index is 8.02. The molecule has 0 N–H and O–H groups in total. The van der Waals surface area contributed by atoms with Gasteiger partial charge < -0.3 is 8.98 Å². The molecule has 4 heteroatoms. The third-order valence-corrected chi connectivity index (χ3v) is 4.83. The largest absolute Gasteiger partial charge is 0.455 e. The first kappa shape index (κ1) is 10.1. The van der Waals surface area contributed by atoms with Crippen LogP contribution in [0.5, 0.6) is 0 Å². The van der Waals surface area contributed by atoms with Gasteiger partial charge in [-0.25, -0.2) is 4.98 Å². The number of hydrogen-bond donors (Lipinski definition) is 0. The fourth-order valence-electron chi connectivity index (χ4n) is 3.64. The number of nitrogens with zero attached hydrogens (tertiary/aromatic N) is 3. The highest BCUT2D eigenvalue weighted by Crippen LogP contribution is 2.38. The Bertz CT molecular complexity index is 1520. The first-order valence-corrected chi connectivity index (χ1v) is 8.25. The Hall–Kier alpha value is -3.14. The first-order valence-electron chi connectivity index (χ1n) is 11.3. The van der Waals surface area contributed by atoms with E-state index < -0.39 is 13.7 Å². The average molecular weight is 347 g/mol. The highest BCUT2D eigenvalue weighted by molar-refractivity contribution is 6.11. The minimum Gasteiger partial charge on any atom is -0.455 e. The van der Waals surface area contributed by atoms with Crippen molar-refractivity contribution < 1.29 is 12.6 Å². The van der Waals surface area contributed by atoms with Gasteiger partial charge in [-0.15, -0.1) is 0 Å². The Morgan fingerprint density at radius 3 is 2.85 bits per heavy atom. The minimum atomic E-state index is -2.37. The Balaban J connectivity index is 1.89. The summed E-state index contributed by atoms with van der Waals surface area (Å²) in [6.07, 6.45) is 1.69. The van der Waals surface area contributed by atoms with E-state index in [4.69, 9.17) is 17.6 Å². The van der Waals surface area contributed by atoms with Crippen molar-refractivity contribution in [1.29, 1.82) is 0 Å². The van der Waals surface area contributed by atoms with Crippen molar-refractivity contribution in [2.24, 2.45) is 7.05 Å². The summed E-state index contributed by atoms with van der Waals surface area (Å²) in [5.41, 5.74) is 4.05. The number of imidazole rings is 1.